The predicted octanol–water partition coefficient (Wildman–Crippen LogP) is 3.19. The number of hydrogen-bond acceptors (Lipinski definition) is 2. The average Bonchev–Trinajstić information content (AvgIpc) is 2.53. The summed E-state index contributed by atoms with van der Waals surface area (Å²) in [6, 6.07) is 8.53. The van der Waals surface area contributed by atoms with E-state index in [4.69, 9.17) is 5.73 Å². The van der Waals surface area contributed by atoms with E-state index in [2.05, 4.69) is 43.4 Å². The Kier molecular flexibility index (Phi) is 5.80. The van der Waals surface area contributed by atoms with E-state index >= 15 is 0 Å². The van der Waals surface area contributed by atoms with Gasteiger partial charge in [0.1, 0.15) is 0 Å². The summed E-state index contributed by atoms with van der Waals surface area (Å²) in [6.07, 6.45) is 4.16. The van der Waals surface area contributed by atoms with Gasteiger partial charge in [-0.1, -0.05) is 38.1 Å². The number of hydrogen-bond donors (Lipinski definition) is 2. The minimum atomic E-state index is 0.183. The zero-order valence-corrected chi connectivity index (χ0v) is 13.3. The Balaban J connectivity index is 1.78. The molecule has 0 aromatic heterocycles. The third-order valence-corrected chi connectivity index (χ3v) is 4.66. The highest BCUT2D eigenvalue weighted by Gasteiger charge is 2.25. The van der Waals surface area contributed by atoms with Gasteiger partial charge in [0, 0.05) is 12.5 Å². The van der Waals surface area contributed by atoms with Gasteiger partial charge in [-0.2, -0.15) is 0 Å². The Hall–Kier alpha value is -1.35. The molecule has 0 unspecified atom stereocenters. The van der Waals surface area contributed by atoms with Crippen molar-refractivity contribution in [1.82, 2.24) is 5.32 Å². The Morgan fingerprint density at radius 3 is 2.33 bits per heavy atom. The zero-order valence-electron chi connectivity index (χ0n) is 13.3. The summed E-state index contributed by atoms with van der Waals surface area (Å²) < 4.78 is 0. The molecule has 116 valence electrons. The third-order valence-electron chi connectivity index (χ3n) is 4.66. The van der Waals surface area contributed by atoms with Crippen molar-refractivity contribution in [2.45, 2.75) is 52.0 Å². The van der Waals surface area contributed by atoms with Crippen LogP contribution in [-0.2, 0) is 11.3 Å². The summed E-state index contributed by atoms with van der Waals surface area (Å²) in [5, 5.41) is 3.08. The number of nitrogens with two attached hydrogens (primary N) is 1. The van der Waals surface area contributed by atoms with Crippen LogP contribution in [-0.4, -0.2) is 12.5 Å². The van der Waals surface area contributed by atoms with Crippen LogP contribution in [0.1, 0.15) is 56.6 Å². The van der Waals surface area contributed by atoms with Crippen molar-refractivity contribution < 1.29 is 4.79 Å². The smallest absolute Gasteiger partial charge is 0.223 e. The molecule has 1 aromatic carbocycles. The van der Waals surface area contributed by atoms with Crippen LogP contribution in [0.4, 0.5) is 0 Å². The number of benzene rings is 1. The Morgan fingerprint density at radius 1 is 1.19 bits per heavy atom. The second-order valence-corrected chi connectivity index (χ2v) is 6.57. The molecule has 0 spiro atoms. The van der Waals surface area contributed by atoms with Crippen LogP contribution in [0.3, 0.4) is 0 Å². The zero-order chi connectivity index (χ0) is 15.2. The van der Waals surface area contributed by atoms with Gasteiger partial charge in [-0.3, -0.25) is 4.79 Å². The normalized spacial score (nSPS) is 22.3. The second kappa shape index (κ2) is 7.60. The predicted molar refractivity (Wildman–Crippen MR) is 86.9 cm³/mol. The van der Waals surface area contributed by atoms with Crippen LogP contribution >= 0.6 is 0 Å². The fourth-order valence-corrected chi connectivity index (χ4v) is 3.01. The molecule has 0 radical (unpaired) electrons. The van der Waals surface area contributed by atoms with Crippen LogP contribution in [0.25, 0.3) is 0 Å². The number of carbonyl (C=O) groups excluding carboxylic acids is 1. The quantitative estimate of drug-likeness (QED) is 0.874. The maximum absolute atomic E-state index is 12.2. The van der Waals surface area contributed by atoms with Crippen LogP contribution in [0.5, 0.6) is 0 Å². The molecule has 3 nitrogen and oxygen atoms in total. The van der Waals surface area contributed by atoms with Gasteiger partial charge in [-0.25, -0.2) is 0 Å². The molecular formula is C18H28N2O. The van der Waals surface area contributed by atoms with Crippen LogP contribution in [0.2, 0.25) is 0 Å². The summed E-state index contributed by atoms with van der Waals surface area (Å²) in [4.78, 5) is 12.2. The van der Waals surface area contributed by atoms with Gasteiger partial charge in [0.05, 0.1) is 0 Å². The third kappa shape index (κ3) is 4.57. The molecule has 1 fully saturated rings. The van der Waals surface area contributed by atoms with E-state index < -0.39 is 0 Å². The molecule has 3 heteroatoms. The molecule has 1 amide bonds. The van der Waals surface area contributed by atoms with Crippen molar-refractivity contribution in [2.75, 3.05) is 6.54 Å². The highest BCUT2D eigenvalue weighted by Crippen LogP contribution is 2.28. The van der Waals surface area contributed by atoms with Crippen molar-refractivity contribution in [3.63, 3.8) is 0 Å². The van der Waals surface area contributed by atoms with E-state index in [1.54, 1.807) is 0 Å². The summed E-state index contributed by atoms with van der Waals surface area (Å²) in [5.74, 6) is 1.56. The molecule has 1 saturated carbocycles. The van der Waals surface area contributed by atoms with Crippen LogP contribution in [0, 0.1) is 11.8 Å². The van der Waals surface area contributed by atoms with Gasteiger partial charge in [0.15, 0.2) is 0 Å². The Bertz CT molecular complexity index is 445. The van der Waals surface area contributed by atoms with E-state index in [9.17, 15) is 4.79 Å². The number of nitrogens with one attached hydrogen (secondary N) is 1. The van der Waals surface area contributed by atoms with E-state index in [1.165, 1.54) is 11.1 Å². The molecule has 3 N–H and O–H groups in total. The Morgan fingerprint density at radius 2 is 1.81 bits per heavy atom. The molecule has 2 rings (SSSR count). The first-order valence-electron chi connectivity index (χ1n) is 8.16. The van der Waals surface area contributed by atoms with E-state index in [0.717, 1.165) is 32.2 Å². The van der Waals surface area contributed by atoms with Crippen molar-refractivity contribution in [3.05, 3.63) is 35.4 Å². The minimum absolute atomic E-state index is 0.183. The molecule has 0 bridgehead atoms. The lowest BCUT2D eigenvalue weighted by Crippen LogP contribution is -2.33. The lowest BCUT2D eigenvalue weighted by atomic mass is 9.81. The largest absolute Gasteiger partial charge is 0.352 e. The topological polar surface area (TPSA) is 55.1 Å². The molecule has 1 aliphatic carbocycles. The summed E-state index contributed by atoms with van der Waals surface area (Å²) in [7, 11) is 0. The maximum Gasteiger partial charge on any atom is 0.223 e. The van der Waals surface area contributed by atoms with Crippen LogP contribution in [0.15, 0.2) is 24.3 Å². The monoisotopic (exact) mass is 288 g/mol. The average molecular weight is 288 g/mol. The maximum atomic E-state index is 12.2. The number of amides is 1. The summed E-state index contributed by atoms with van der Waals surface area (Å²) in [5.41, 5.74) is 8.20. The number of carbonyl (C=O) groups is 1. The fourth-order valence-electron chi connectivity index (χ4n) is 3.01. The van der Waals surface area contributed by atoms with Crippen molar-refractivity contribution in [1.29, 1.82) is 0 Å². The lowest BCUT2D eigenvalue weighted by Gasteiger charge is -2.26. The number of rotatable bonds is 5. The highest BCUT2D eigenvalue weighted by atomic mass is 16.1. The molecule has 0 saturated heterocycles. The van der Waals surface area contributed by atoms with Crippen molar-refractivity contribution >= 4 is 5.91 Å². The lowest BCUT2D eigenvalue weighted by molar-refractivity contribution is -0.126. The van der Waals surface area contributed by atoms with Gasteiger partial charge in [0.2, 0.25) is 5.91 Å². The summed E-state index contributed by atoms with van der Waals surface area (Å²) >= 11 is 0. The SMILES string of the molecule is CC(C)c1ccc(CNC(=O)C2CCC(CN)CC2)cc1. The Labute approximate surface area is 128 Å². The van der Waals surface area contributed by atoms with E-state index in [-0.39, 0.29) is 11.8 Å². The van der Waals surface area contributed by atoms with Gasteiger partial charge in [-0.05, 0) is 55.2 Å². The van der Waals surface area contributed by atoms with Gasteiger partial charge in [0.25, 0.3) is 0 Å². The standard InChI is InChI=1S/C18H28N2O/c1-13(2)16-7-5-15(6-8-16)12-20-18(21)17-9-3-14(11-19)4-10-17/h5-8,13-14,17H,3-4,9-12,19H2,1-2H3,(H,20,21). The molecule has 0 heterocycles. The second-order valence-electron chi connectivity index (χ2n) is 6.57. The van der Waals surface area contributed by atoms with E-state index in [1.807, 2.05) is 0 Å². The van der Waals surface area contributed by atoms with Gasteiger partial charge < -0.3 is 11.1 Å². The fraction of sp³-hybridized carbons (Fsp3) is 0.611. The van der Waals surface area contributed by atoms with E-state index in [0.29, 0.717) is 18.4 Å². The molecule has 0 atom stereocenters. The van der Waals surface area contributed by atoms with Gasteiger partial charge in [-0.15, -0.1) is 0 Å². The first kappa shape index (κ1) is 16.0. The van der Waals surface area contributed by atoms with Crippen molar-refractivity contribution in [3.8, 4) is 0 Å². The molecule has 1 aromatic rings. The van der Waals surface area contributed by atoms with Gasteiger partial charge >= 0.3 is 0 Å². The minimum Gasteiger partial charge on any atom is -0.352 e. The van der Waals surface area contributed by atoms with Crippen LogP contribution < -0.4 is 11.1 Å². The highest BCUT2D eigenvalue weighted by molar-refractivity contribution is 5.78. The molecule has 21 heavy (non-hydrogen) atoms. The molecular weight excluding hydrogens is 260 g/mol. The molecule has 0 aliphatic heterocycles. The first-order valence-corrected chi connectivity index (χ1v) is 8.16. The van der Waals surface area contributed by atoms with Crippen molar-refractivity contribution in [2.24, 2.45) is 17.6 Å². The first-order chi connectivity index (χ1) is 10.1. The summed E-state index contributed by atoms with van der Waals surface area (Å²) in [6.45, 7) is 5.77. The molecule has 1 aliphatic rings.